The summed E-state index contributed by atoms with van der Waals surface area (Å²) in [6, 6.07) is 6.96. The lowest BCUT2D eigenvalue weighted by Gasteiger charge is -2.17. The Balaban J connectivity index is 2.54. The number of hydrogen-bond acceptors (Lipinski definition) is 4. The Morgan fingerprint density at radius 1 is 1.29 bits per heavy atom. The molecule has 0 radical (unpaired) electrons. The van der Waals surface area contributed by atoms with Gasteiger partial charge in [0.15, 0.2) is 6.61 Å². The number of rotatable bonds is 5. The summed E-state index contributed by atoms with van der Waals surface area (Å²) in [6.07, 6.45) is 0. The van der Waals surface area contributed by atoms with Crippen molar-refractivity contribution in [3.05, 3.63) is 29.8 Å². The molecule has 0 aliphatic carbocycles. The minimum Gasteiger partial charge on any atom is -0.482 e. The average molecular weight is 238 g/mol. The molecule has 0 spiro atoms. The van der Waals surface area contributed by atoms with Crippen molar-refractivity contribution in [3.8, 4) is 5.75 Å². The number of carbonyl (C=O) groups is 1. The third-order valence-electron chi connectivity index (χ3n) is 2.22. The molecule has 0 amide bonds. The quantitative estimate of drug-likeness (QED) is 0.795. The SMILES string of the molecule is CCOC(=O)COc1ccc(C(C)(C)O)cc1. The summed E-state index contributed by atoms with van der Waals surface area (Å²) in [4.78, 5) is 11.1. The molecule has 0 aromatic heterocycles. The van der Waals surface area contributed by atoms with Gasteiger partial charge in [-0.25, -0.2) is 4.79 Å². The zero-order valence-corrected chi connectivity index (χ0v) is 10.4. The highest BCUT2D eigenvalue weighted by atomic mass is 16.6. The lowest BCUT2D eigenvalue weighted by Crippen LogP contribution is -2.16. The molecule has 1 aromatic carbocycles. The molecule has 0 fully saturated rings. The van der Waals surface area contributed by atoms with Crippen LogP contribution in [0.1, 0.15) is 26.3 Å². The fourth-order valence-corrected chi connectivity index (χ4v) is 1.30. The molecule has 0 aliphatic rings. The standard InChI is InChI=1S/C13H18O4/c1-4-16-12(14)9-17-11-7-5-10(6-8-11)13(2,3)15/h5-8,15H,4,9H2,1-3H3. The second kappa shape index (κ2) is 5.68. The predicted molar refractivity (Wildman–Crippen MR) is 63.8 cm³/mol. The second-order valence-electron chi connectivity index (χ2n) is 4.18. The number of benzene rings is 1. The molecule has 0 saturated carbocycles. The van der Waals surface area contributed by atoms with E-state index in [-0.39, 0.29) is 12.6 Å². The van der Waals surface area contributed by atoms with Crippen molar-refractivity contribution in [2.24, 2.45) is 0 Å². The minimum absolute atomic E-state index is 0.101. The molecule has 0 atom stereocenters. The zero-order chi connectivity index (χ0) is 12.9. The van der Waals surface area contributed by atoms with E-state index in [2.05, 4.69) is 0 Å². The number of hydrogen-bond donors (Lipinski definition) is 1. The Morgan fingerprint density at radius 2 is 1.88 bits per heavy atom. The Hall–Kier alpha value is -1.55. The fraction of sp³-hybridized carbons (Fsp3) is 0.462. The lowest BCUT2D eigenvalue weighted by molar-refractivity contribution is -0.145. The van der Waals surface area contributed by atoms with Crippen LogP contribution in [0.4, 0.5) is 0 Å². The van der Waals surface area contributed by atoms with Crippen LogP contribution >= 0.6 is 0 Å². The maximum atomic E-state index is 11.1. The van der Waals surface area contributed by atoms with Crippen molar-refractivity contribution in [2.45, 2.75) is 26.4 Å². The van der Waals surface area contributed by atoms with Crippen molar-refractivity contribution in [3.63, 3.8) is 0 Å². The van der Waals surface area contributed by atoms with Gasteiger partial charge in [0.1, 0.15) is 5.75 Å². The summed E-state index contributed by atoms with van der Waals surface area (Å²) in [6.45, 7) is 5.41. The van der Waals surface area contributed by atoms with E-state index in [1.807, 2.05) is 0 Å². The zero-order valence-electron chi connectivity index (χ0n) is 10.4. The second-order valence-corrected chi connectivity index (χ2v) is 4.18. The van der Waals surface area contributed by atoms with Gasteiger partial charge in [0, 0.05) is 0 Å². The normalized spacial score (nSPS) is 11.1. The largest absolute Gasteiger partial charge is 0.482 e. The van der Waals surface area contributed by atoms with Crippen molar-refractivity contribution in [1.82, 2.24) is 0 Å². The van der Waals surface area contributed by atoms with Gasteiger partial charge in [0.2, 0.25) is 0 Å². The van der Waals surface area contributed by atoms with Crippen molar-refractivity contribution >= 4 is 5.97 Å². The van der Waals surface area contributed by atoms with E-state index in [0.717, 1.165) is 5.56 Å². The Kier molecular flexibility index (Phi) is 4.52. The molecular formula is C13H18O4. The molecule has 1 aromatic rings. The first-order valence-corrected chi connectivity index (χ1v) is 5.55. The molecule has 0 saturated heterocycles. The molecule has 17 heavy (non-hydrogen) atoms. The van der Waals surface area contributed by atoms with Crippen molar-refractivity contribution in [1.29, 1.82) is 0 Å². The van der Waals surface area contributed by atoms with Gasteiger partial charge in [-0.3, -0.25) is 0 Å². The van der Waals surface area contributed by atoms with Crippen LogP contribution in [0, 0.1) is 0 Å². The van der Waals surface area contributed by atoms with Crippen LogP contribution < -0.4 is 4.74 Å². The summed E-state index contributed by atoms with van der Waals surface area (Å²) in [5.74, 6) is 0.185. The van der Waals surface area contributed by atoms with Gasteiger partial charge in [-0.05, 0) is 38.5 Å². The molecule has 0 aliphatic heterocycles. The van der Waals surface area contributed by atoms with Crippen LogP contribution in [-0.2, 0) is 15.1 Å². The first-order valence-electron chi connectivity index (χ1n) is 5.55. The highest BCUT2D eigenvalue weighted by Crippen LogP contribution is 2.22. The number of carbonyl (C=O) groups excluding carboxylic acids is 1. The van der Waals surface area contributed by atoms with E-state index in [4.69, 9.17) is 9.47 Å². The number of ether oxygens (including phenoxy) is 2. The van der Waals surface area contributed by atoms with E-state index in [1.165, 1.54) is 0 Å². The highest BCUT2D eigenvalue weighted by molar-refractivity contribution is 5.71. The third-order valence-corrected chi connectivity index (χ3v) is 2.22. The predicted octanol–water partition coefficient (Wildman–Crippen LogP) is 1.86. The monoisotopic (exact) mass is 238 g/mol. The molecule has 0 bridgehead atoms. The minimum atomic E-state index is -0.875. The molecular weight excluding hydrogens is 220 g/mol. The van der Waals surface area contributed by atoms with Gasteiger partial charge < -0.3 is 14.6 Å². The smallest absolute Gasteiger partial charge is 0.344 e. The summed E-state index contributed by atoms with van der Waals surface area (Å²) in [5, 5.41) is 9.75. The topological polar surface area (TPSA) is 55.8 Å². The molecule has 4 heteroatoms. The Morgan fingerprint density at radius 3 is 2.35 bits per heavy atom. The van der Waals surface area contributed by atoms with Crippen LogP contribution in [0.2, 0.25) is 0 Å². The van der Waals surface area contributed by atoms with Gasteiger partial charge in [-0.2, -0.15) is 0 Å². The van der Waals surface area contributed by atoms with Crippen LogP contribution in [0.5, 0.6) is 5.75 Å². The molecule has 4 nitrogen and oxygen atoms in total. The first kappa shape index (κ1) is 13.5. The van der Waals surface area contributed by atoms with Crippen LogP contribution in [0.15, 0.2) is 24.3 Å². The molecule has 94 valence electrons. The Bertz CT molecular complexity index is 362. The van der Waals surface area contributed by atoms with Crippen molar-refractivity contribution in [2.75, 3.05) is 13.2 Å². The number of esters is 1. The average Bonchev–Trinajstić information content (AvgIpc) is 2.26. The van der Waals surface area contributed by atoms with Crippen molar-refractivity contribution < 1.29 is 19.4 Å². The summed E-state index contributed by atoms with van der Waals surface area (Å²) >= 11 is 0. The molecule has 1 N–H and O–H groups in total. The van der Waals surface area contributed by atoms with Crippen LogP contribution in [0.25, 0.3) is 0 Å². The summed E-state index contributed by atoms with van der Waals surface area (Å²) in [5.41, 5.74) is -0.0827. The van der Waals surface area contributed by atoms with E-state index < -0.39 is 5.60 Å². The van der Waals surface area contributed by atoms with Crippen LogP contribution in [0.3, 0.4) is 0 Å². The van der Waals surface area contributed by atoms with Gasteiger partial charge in [-0.15, -0.1) is 0 Å². The molecule has 1 rings (SSSR count). The van der Waals surface area contributed by atoms with Gasteiger partial charge in [0.25, 0.3) is 0 Å². The maximum absolute atomic E-state index is 11.1. The Labute approximate surface area is 101 Å². The first-order chi connectivity index (χ1) is 7.93. The number of aliphatic hydroxyl groups is 1. The maximum Gasteiger partial charge on any atom is 0.344 e. The van der Waals surface area contributed by atoms with E-state index >= 15 is 0 Å². The van der Waals surface area contributed by atoms with Gasteiger partial charge in [-0.1, -0.05) is 12.1 Å². The van der Waals surface area contributed by atoms with Gasteiger partial charge in [0.05, 0.1) is 12.2 Å². The van der Waals surface area contributed by atoms with E-state index in [0.29, 0.717) is 12.4 Å². The third kappa shape index (κ3) is 4.44. The van der Waals surface area contributed by atoms with E-state index in [9.17, 15) is 9.90 Å². The highest BCUT2D eigenvalue weighted by Gasteiger charge is 2.15. The fourth-order valence-electron chi connectivity index (χ4n) is 1.30. The van der Waals surface area contributed by atoms with E-state index in [1.54, 1.807) is 45.0 Å². The summed E-state index contributed by atoms with van der Waals surface area (Å²) in [7, 11) is 0. The lowest BCUT2D eigenvalue weighted by atomic mass is 9.99. The van der Waals surface area contributed by atoms with Gasteiger partial charge >= 0.3 is 5.97 Å². The molecule has 0 unspecified atom stereocenters. The summed E-state index contributed by atoms with van der Waals surface area (Å²) < 4.78 is 9.97. The van der Waals surface area contributed by atoms with Crippen LogP contribution in [-0.4, -0.2) is 24.3 Å². The molecule has 0 heterocycles.